The normalized spacial score (nSPS) is 19.8. The fraction of sp³-hybridized carbons (Fsp3) is 0.600. The van der Waals surface area contributed by atoms with Crippen molar-refractivity contribution in [3.05, 3.63) is 34.2 Å². The third-order valence-electron chi connectivity index (χ3n) is 4.19. The Hall–Kier alpha value is -1.62. The number of aromatic amines is 1. The molecule has 20 heavy (non-hydrogen) atoms. The summed E-state index contributed by atoms with van der Waals surface area (Å²) < 4.78 is 0. The Morgan fingerprint density at radius 3 is 2.55 bits per heavy atom. The maximum atomic E-state index is 12.6. The topological polar surface area (TPSA) is 65.2 Å². The largest absolute Gasteiger partial charge is 0.335 e. The highest BCUT2D eigenvalue weighted by molar-refractivity contribution is 5.94. The Balaban J connectivity index is 1.71. The Morgan fingerprint density at radius 2 is 1.95 bits per heavy atom. The Morgan fingerprint density at radius 1 is 1.20 bits per heavy atom. The van der Waals surface area contributed by atoms with Gasteiger partial charge in [-0.1, -0.05) is 0 Å². The molecule has 0 radical (unpaired) electrons. The Kier molecular flexibility index (Phi) is 3.87. The van der Waals surface area contributed by atoms with Crippen LogP contribution in [0.1, 0.15) is 36.0 Å². The molecule has 0 spiro atoms. The summed E-state index contributed by atoms with van der Waals surface area (Å²) in [7, 11) is 0. The van der Waals surface area contributed by atoms with Gasteiger partial charge in [0.15, 0.2) is 0 Å². The maximum Gasteiger partial charge on any atom is 0.255 e. The molecule has 108 valence electrons. The monoisotopic (exact) mass is 275 g/mol. The molecule has 0 unspecified atom stereocenters. The number of carbonyl (C=O) groups excluding carboxylic acids is 1. The van der Waals surface area contributed by atoms with Crippen LogP contribution < -0.4 is 10.9 Å². The number of nitrogens with one attached hydrogen (secondary N) is 2. The molecule has 2 fully saturated rings. The summed E-state index contributed by atoms with van der Waals surface area (Å²) in [5.41, 5.74) is 0.420. The van der Waals surface area contributed by atoms with Crippen LogP contribution in [0.4, 0.5) is 0 Å². The minimum atomic E-state index is -0.169. The van der Waals surface area contributed by atoms with Gasteiger partial charge in [-0.3, -0.25) is 9.59 Å². The lowest BCUT2D eigenvalue weighted by Gasteiger charge is -2.30. The predicted molar refractivity (Wildman–Crippen MR) is 76.7 cm³/mol. The number of piperidine rings is 1. The zero-order valence-electron chi connectivity index (χ0n) is 11.6. The molecule has 0 bridgehead atoms. The van der Waals surface area contributed by atoms with E-state index in [0.717, 1.165) is 45.3 Å². The molecule has 1 amide bonds. The van der Waals surface area contributed by atoms with Crippen LogP contribution in [0.25, 0.3) is 0 Å². The summed E-state index contributed by atoms with van der Waals surface area (Å²) in [5.74, 6) is 0.658. The van der Waals surface area contributed by atoms with E-state index in [-0.39, 0.29) is 11.5 Å². The maximum absolute atomic E-state index is 12.6. The van der Waals surface area contributed by atoms with E-state index in [0.29, 0.717) is 17.5 Å². The van der Waals surface area contributed by atoms with Crippen molar-refractivity contribution in [3.8, 4) is 0 Å². The number of aromatic nitrogens is 1. The van der Waals surface area contributed by atoms with Crippen LogP contribution in [0.5, 0.6) is 0 Å². The van der Waals surface area contributed by atoms with Gasteiger partial charge in [0, 0.05) is 24.8 Å². The first-order valence-electron chi connectivity index (χ1n) is 7.44. The van der Waals surface area contributed by atoms with Crippen molar-refractivity contribution in [3.63, 3.8) is 0 Å². The van der Waals surface area contributed by atoms with Crippen molar-refractivity contribution in [1.29, 1.82) is 0 Å². The van der Waals surface area contributed by atoms with Crippen molar-refractivity contribution in [2.24, 2.45) is 5.92 Å². The van der Waals surface area contributed by atoms with Gasteiger partial charge in [-0.2, -0.15) is 0 Å². The highest BCUT2D eigenvalue weighted by Gasteiger charge is 2.34. The first kappa shape index (κ1) is 13.4. The van der Waals surface area contributed by atoms with Gasteiger partial charge < -0.3 is 15.2 Å². The van der Waals surface area contributed by atoms with E-state index >= 15 is 0 Å². The fourth-order valence-corrected chi connectivity index (χ4v) is 2.84. The summed E-state index contributed by atoms with van der Waals surface area (Å²) in [6.45, 7) is 2.95. The molecule has 0 atom stereocenters. The number of hydrogen-bond acceptors (Lipinski definition) is 3. The van der Waals surface area contributed by atoms with E-state index in [2.05, 4.69) is 10.3 Å². The lowest BCUT2D eigenvalue weighted by molar-refractivity contribution is 0.0701. The zero-order chi connectivity index (χ0) is 13.9. The van der Waals surface area contributed by atoms with Crippen LogP contribution in [-0.2, 0) is 0 Å². The molecule has 1 aliphatic heterocycles. The highest BCUT2D eigenvalue weighted by atomic mass is 16.2. The first-order chi connectivity index (χ1) is 9.74. The first-order valence-corrected chi connectivity index (χ1v) is 7.44. The SMILES string of the molecule is O=C(c1ccc(=O)[nH]c1)N(CC1CCNCC1)C1CC1. The Labute approximate surface area is 118 Å². The van der Waals surface area contributed by atoms with Crippen molar-refractivity contribution < 1.29 is 4.79 Å². The molecule has 5 heteroatoms. The van der Waals surface area contributed by atoms with Crippen LogP contribution in [0.2, 0.25) is 0 Å². The minimum Gasteiger partial charge on any atom is -0.335 e. The van der Waals surface area contributed by atoms with Crippen LogP contribution in [-0.4, -0.2) is 41.5 Å². The molecule has 5 nitrogen and oxygen atoms in total. The zero-order valence-corrected chi connectivity index (χ0v) is 11.6. The fourth-order valence-electron chi connectivity index (χ4n) is 2.84. The summed E-state index contributed by atoms with van der Waals surface area (Å²) in [5, 5.41) is 3.36. The van der Waals surface area contributed by atoms with E-state index in [1.807, 2.05) is 4.90 Å². The summed E-state index contributed by atoms with van der Waals surface area (Å²) in [4.78, 5) is 28.3. The summed E-state index contributed by atoms with van der Waals surface area (Å²) in [6.07, 6.45) is 6.03. The lowest BCUT2D eigenvalue weighted by atomic mass is 9.97. The van der Waals surface area contributed by atoms with Crippen LogP contribution in [0.15, 0.2) is 23.1 Å². The summed E-state index contributed by atoms with van der Waals surface area (Å²) >= 11 is 0. The third kappa shape index (κ3) is 3.10. The van der Waals surface area contributed by atoms with E-state index < -0.39 is 0 Å². The third-order valence-corrected chi connectivity index (χ3v) is 4.19. The number of rotatable bonds is 4. The number of hydrogen-bond donors (Lipinski definition) is 2. The van der Waals surface area contributed by atoms with Gasteiger partial charge in [0.25, 0.3) is 5.91 Å². The average molecular weight is 275 g/mol. The second-order valence-electron chi connectivity index (χ2n) is 5.82. The van der Waals surface area contributed by atoms with Crippen LogP contribution in [0.3, 0.4) is 0 Å². The van der Waals surface area contributed by atoms with Crippen molar-refractivity contribution >= 4 is 5.91 Å². The molecule has 1 aromatic heterocycles. The number of amides is 1. The van der Waals surface area contributed by atoms with Gasteiger partial charge in [0.2, 0.25) is 5.56 Å². The minimum absolute atomic E-state index is 0.0577. The van der Waals surface area contributed by atoms with Gasteiger partial charge >= 0.3 is 0 Å². The summed E-state index contributed by atoms with van der Waals surface area (Å²) in [6, 6.07) is 3.45. The average Bonchev–Trinajstić information content (AvgIpc) is 3.30. The molecule has 2 N–H and O–H groups in total. The van der Waals surface area contributed by atoms with E-state index in [9.17, 15) is 9.59 Å². The number of H-pyrrole nitrogens is 1. The van der Waals surface area contributed by atoms with Gasteiger partial charge in [0.05, 0.1) is 5.56 Å². The van der Waals surface area contributed by atoms with Gasteiger partial charge in [-0.25, -0.2) is 0 Å². The molecule has 2 heterocycles. The molecule has 1 saturated heterocycles. The molecule has 1 aromatic rings. The van der Waals surface area contributed by atoms with E-state index in [1.165, 1.54) is 12.3 Å². The van der Waals surface area contributed by atoms with Gasteiger partial charge in [-0.15, -0.1) is 0 Å². The van der Waals surface area contributed by atoms with Crippen molar-refractivity contribution in [2.75, 3.05) is 19.6 Å². The van der Waals surface area contributed by atoms with Crippen molar-refractivity contribution in [2.45, 2.75) is 31.7 Å². The molecular weight excluding hydrogens is 254 g/mol. The number of pyridine rings is 1. The molecular formula is C15H21N3O2. The number of nitrogens with zero attached hydrogens (tertiary/aromatic N) is 1. The second kappa shape index (κ2) is 5.79. The smallest absolute Gasteiger partial charge is 0.255 e. The molecule has 1 saturated carbocycles. The lowest BCUT2D eigenvalue weighted by Crippen LogP contribution is -2.40. The van der Waals surface area contributed by atoms with Gasteiger partial charge in [-0.05, 0) is 50.8 Å². The molecule has 1 aliphatic carbocycles. The molecule has 0 aromatic carbocycles. The van der Waals surface area contributed by atoms with Crippen molar-refractivity contribution in [1.82, 2.24) is 15.2 Å². The van der Waals surface area contributed by atoms with E-state index in [1.54, 1.807) is 6.07 Å². The van der Waals surface area contributed by atoms with Crippen LogP contribution >= 0.6 is 0 Å². The molecule has 2 aliphatic rings. The highest BCUT2D eigenvalue weighted by Crippen LogP contribution is 2.30. The Bertz CT molecular complexity index is 510. The quantitative estimate of drug-likeness (QED) is 0.861. The van der Waals surface area contributed by atoms with Gasteiger partial charge in [0.1, 0.15) is 0 Å². The standard InChI is InChI=1S/C15H21N3O2/c19-14-4-1-12(9-17-14)15(20)18(13-2-3-13)10-11-5-7-16-8-6-11/h1,4,9,11,13,16H,2-3,5-8,10H2,(H,17,19). The molecule has 3 rings (SSSR count). The van der Waals surface area contributed by atoms with Crippen LogP contribution in [0, 0.1) is 5.92 Å². The predicted octanol–water partition coefficient (Wildman–Crippen LogP) is 0.979. The second-order valence-corrected chi connectivity index (χ2v) is 5.82. The number of carbonyl (C=O) groups is 1. The van der Waals surface area contributed by atoms with E-state index in [4.69, 9.17) is 0 Å².